The SMILES string of the molecule is Bc1ccc2c(c1)CN(C)CC2. The van der Waals surface area contributed by atoms with Crippen molar-refractivity contribution >= 4 is 13.3 Å². The molecule has 0 unspecified atom stereocenters. The van der Waals surface area contributed by atoms with Crippen molar-refractivity contribution < 1.29 is 0 Å². The van der Waals surface area contributed by atoms with Gasteiger partial charge in [0.05, 0.1) is 0 Å². The van der Waals surface area contributed by atoms with Crippen molar-refractivity contribution in [3.05, 3.63) is 29.3 Å². The monoisotopic (exact) mass is 159 g/mol. The van der Waals surface area contributed by atoms with Crippen LogP contribution < -0.4 is 5.46 Å². The van der Waals surface area contributed by atoms with E-state index >= 15 is 0 Å². The summed E-state index contributed by atoms with van der Waals surface area (Å²) in [7, 11) is 4.35. The molecule has 12 heavy (non-hydrogen) atoms. The summed E-state index contributed by atoms with van der Waals surface area (Å²) in [5.41, 5.74) is 4.44. The van der Waals surface area contributed by atoms with Crippen LogP contribution in [0, 0.1) is 0 Å². The Morgan fingerprint density at radius 1 is 1.33 bits per heavy atom. The highest BCUT2D eigenvalue weighted by Crippen LogP contribution is 2.15. The second kappa shape index (κ2) is 2.94. The van der Waals surface area contributed by atoms with Crippen LogP contribution >= 0.6 is 0 Å². The highest BCUT2D eigenvalue weighted by atomic mass is 15.1. The molecule has 1 aliphatic heterocycles. The maximum atomic E-state index is 2.38. The topological polar surface area (TPSA) is 3.24 Å². The zero-order valence-electron chi connectivity index (χ0n) is 7.80. The highest BCUT2D eigenvalue weighted by Gasteiger charge is 2.11. The highest BCUT2D eigenvalue weighted by molar-refractivity contribution is 6.32. The molecule has 62 valence electrons. The lowest BCUT2D eigenvalue weighted by atomic mass is 9.89. The summed E-state index contributed by atoms with van der Waals surface area (Å²) in [6.45, 7) is 2.33. The van der Waals surface area contributed by atoms with Crippen LogP contribution in [0.3, 0.4) is 0 Å². The maximum Gasteiger partial charge on any atom is 0.139 e. The van der Waals surface area contributed by atoms with E-state index in [1.807, 2.05) is 0 Å². The third-order valence-electron chi connectivity index (χ3n) is 2.56. The summed E-state index contributed by atoms with van der Waals surface area (Å²) in [6.07, 6.45) is 1.21. The first-order valence-corrected chi connectivity index (χ1v) is 4.52. The van der Waals surface area contributed by atoms with E-state index in [9.17, 15) is 0 Å². The third-order valence-corrected chi connectivity index (χ3v) is 2.56. The van der Waals surface area contributed by atoms with Gasteiger partial charge >= 0.3 is 0 Å². The summed E-state index contributed by atoms with van der Waals surface area (Å²) < 4.78 is 0. The van der Waals surface area contributed by atoms with Gasteiger partial charge in [0.1, 0.15) is 7.85 Å². The molecule has 0 N–H and O–H groups in total. The van der Waals surface area contributed by atoms with Crippen LogP contribution in [-0.4, -0.2) is 26.3 Å². The molecule has 0 spiro atoms. The number of fused-ring (bicyclic) bond motifs is 1. The second-order valence-electron chi connectivity index (χ2n) is 3.76. The van der Waals surface area contributed by atoms with Gasteiger partial charge in [-0.3, -0.25) is 0 Å². The Morgan fingerprint density at radius 2 is 2.17 bits per heavy atom. The minimum absolute atomic E-state index is 1.12. The van der Waals surface area contributed by atoms with Crippen LogP contribution in [0.25, 0.3) is 0 Å². The van der Waals surface area contributed by atoms with Gasteiger partial charge in [-0.1, -0.05) is 23.7 Å². The summed E-state index contributed by atoms with van der Waals surface area (Å²) in [5.74, 6) is 0. The molecule has 0 bridgehead atoms. The van der Waals surface area contributed by atoms with Crippen molar-refractivity contribution in [1.29, 1.82) is 0 Å². The molecule has 0 atom stereocenters. The van der Waals surface area contributed by atoms with Crippen molar-refractivity contribution in [2.45, 2.75) is 13.0 Å². The average Bonchev–Trinajstić information content (AvgIpc) is 2.03. The zero-order valence-corrected chi connectivity index (χ0v) is 7.80. The van der Waals surface area contributed by atoms with Gasteiger partial charge in [0, 0.05) is 13.1 Å². The molecule has 0 aliphatic carbocycles. The number of hydrogen-bond donors (Lipinski definition) is 0. The molecule has 0 saturated carbocycles. The van der Waals surface area contributed by atoms with E-state index in [4.69, 9.17) is 0 Å². The van der Waals surface area contributed by atoms with Gasteiger partial charge in [-0.05, 0) is 24.6 Å². The van der Waals surface area contributed by atoms with E-state index in [0.29, 0.717) is 0 Å². The van der Waals surface area contributed by atoms with Gasteiger partial charge in [-0.25, -0.2) is 0 Å². The molecular weight excluding hydrogens is 145 g/mol. The molecule has 1 heterocycles. The number of benzene rings is 1. The van der Waals surface area contributed by atoms with E-state index in [1.54, 1.807) is 5.56 Å². The molecule has 0 radical (unpaired) electrons. The lowest BCUT2D eigenvalue weighted by Crippen LogP contribution is -2.27. The molecule has 1 aromatic rings. The molecular formula is C10H14BN. The number of nitrogens with zero attached hydrogens (tertiary/aromatic N) is 1. The lowest BCUT2D eigenvalue weighted by molar-refractivity contribution is 0.313. The van der Waals surface area contributed by atoms with E-state index in [1.165, 1.54) is 24.0 Å². The Bertz CT molecular complexity index is 296. The molecule has 0 saturated heterocycles. The second-order valence-corrected chi connectivity index (χ2v) is 3.76. The van der Waals surface area contributed by atoms with Crippen LogP contribution in [0.1, 0.15) is 11.1 Å². The van der Waals surface area contributed by atoms with Crippen molar-refractivity contribution in [3.8, 4) is 0 Å². The largest absolute Gasteiger partial charge is 0.302 e. The van der Waals surface area contributed by atoms with E-state index in [2.05, 4.69) is 38.0 Å². The van der Waals surface area contributed by atoms with Gasteiger partial charge < -0.3 is 4.90 Å². The van der Waals surface area contributed by atoms with Crippen molar-refractivity contribution in [3.63, 3.8) is 0 Å². The Kier molecular flexibility index (Phi) is 1.93. The van der Waals surface area contributed by atoms with Crippen LogP contribution in [0.5, 0.6) is 0 Å². The van der Waals surface area contributed by atoms with Crippen LogP contribution in [0.4, 0.5) is 0 Å². The summed E-state index contributed by atoms with van der Waals surface area (Å²) in [5, 5.41) is 0. The van der Waals surface area contributed by atoms with Crippen molar-refractivity contribution in [2.75, 3.05) is 13.6 Å². The fraction of sp³-hybridized carbons (Fsp3) is 0.400. The van der Waals surface area contributed by atoms with E-state index in [-0.39, 0.29) is 0 Å². The predicted molar refractivity (Wildman–Crippen MR) is 54.7 cm³/mol. The van der Waals surface area contributed by atoms with Gasteiger partial charge in [0.15, 0.2) is 0 Å². The lowest BCUT2D eigenvalue weighted by Gasteiger charge is -2.25. The van der Waals surface area contributed by atoms with Crippen molar-refractivity contribution in [1.82, 2.24) is 4.90 Å². The molecule has 1 aliphatic rings. The van der Waals surface area contributed by atoms with Crippen molar-refractivity contribution in [2.24, 2.45) is 0 Å². The molecule has 1 nitrogen and oxygen atoms in total. The molecule has 0 aromatic heterocycles. The summed E-state index contributed by atoms with van der Waals surface area (Å²) in [4.78, 5) is 2.38. The summed E-state index contributed by atoms with van der Waals surface area (Å²) in [6, 6.07) is 6.80. The zero-order chi connectivity index (χ0) is 8.55. The first-order valence-electron chi connectivity index (χ1n) is 4.52. The predicted octanol–water partition coefficient (Wildman–Crippen LogP) is -0.0671. The Morgan fingerprint density at radius 3 is 3.00 bits per heavy atom. The fourth-order valence-corrected chi connectivity index (χ4v) is 1.83. The molecule has 0 fully saturated rings. The van der Waals surface area contributed by atoms with Gasteiger partial charge in [0.2, 0.25) is 0 Å². The number of likely N-dealkylation sites (N-methyl/N-ethyl adjacent to an activating group) is 1. The van der Waals surface area contributed by atoms with Gasteiger partial charge in [-0.15, -0.1) is 0 Å². The average molecular weight is 159 g/mol. The molecule has 0 amide bonds. The number of hydrogen-bond acceptors (Lipinski definition) is 1. The van der Waals surface area contributed by atoms with Crippen LogP contribution in [0.15, 0.2) is 18.2 Å². The Hall–Kier alpha value is -0.755. The standard InChI is InChI=1S/C10H14BN/c1-12-5-4-8-2-3-10(11)6-9(8)7-12/h2-3,6H,4-5,7,11H2,1H3. The first-order chi connectivity index (χ1) is 5.75. The van der Waals surface area contributed by atoms with Gasteiger partial charge in [-0.2, -0.15) is 0 Å². The first kappa shape index (κ1) is 7.87. The minimum Gasteiger partial charge on any atom is -0.302 e. The van der Waals surface area contributed by atoms with E-state index in [0.717, 1.165) is 6.54 Å². The van der Waals surface area contributed by atoms with Gasteiger partial charge in [0.25, 0.3) is 0 Å². The smallest absolute Gasteiger partial charge is 0.139 e. The third kappa shape index (κ3) is 1.39. The van der Waals surface area contributed by atoms with Crippen LogP contribution in [-0.2, 0) is 13.0 Å². The quantitative estimate of drug-likeness (QED) is 0.479. The van der Waals surface area contributed by atoms with Crippen LogP contribution in [0.2, 0.25) is 0 Å². The normalized spacial score (nSPS) is 17.4. The summed E-state index contributed by atoms with van der Waals surface area (Å²) >= 11 is 0. The minimum atomic E-state index is 1.12. The van der Waals surface area contributed by atoms with E-state index < -0.39 is 0 Å². The Labute approximate surface area is 74.8 Å². The molecule has 2 rings (SSSR count). The Balaban J connectivity index is 2.37. The molecule has 1 aromatic carbocycles. The fourth-order valence-electron chi connectivity index (χ4n) is 1.83. The number of rotatable bonds is 0. The maximum absolute atomic E-state index is 2.38. The molecule has 2 heteroatoms.